The summed E-state index contributed by atoms with van der Waals surface area (Å²) in [5.74, 6) is 0.265. The van der Waals surface area contributed by atoms with E-state index in [-0.39, 0.29) is 0 Å². The predicted octanol–water partition coefficient (Wildman–Crippen LogP) is 3.43. The molecule has 0 saturated carbocycles. The van der Waals surface area contributed by atoms with Gasteiger partial charge in [0.2, 0.25) is 5.91 Å². The number of amides is 1. The van der Waals surface area contributed by atoms with E-state index >= 15 is 0 Å². The zero-order chi connectivity index (χ0) is 18.9. The third-order valence-corrected chi connectivity index (χ3v) is 5.00. The first-order valence-corrected chi connectivity index (χ1v) is 8.59. The van der Waals surface area contributed by atoms with Gasteiger partial charge in [0.05, 0.1) is 12.8 Å². The maximum Gasteiger partial charge on any atom is 0.240 e. The van der Waals surface area contributed by atoms with Crippen LogP contribution in [0.2, 0.25) is 0 Å². The molecule has 0 spiro atoms. The number of aryl methyl sites for hydroxylation is 1. The Morgan fingerprint density at radius 1 is 1.15 bits per heavy atom. The molecular formula is C21H25N3O2. The van der Waals surface area contributed by atoms with Crippen LogP contribution in [0.1, 0.15) is 19.4 Å². The van der Waals surface area contributed by atoms with Crippen LogP contribution < -0.4 is 15.8 Å². The summed E-state index contributed by atoms with van der Waals surface area (Å²) in [6.45, 7) is 4.07. The topological polar surface area (TPSA) is 69.3 Å². The molecule has 3 aromatic rings. The van der Waals surface area contributed by atoms with Crippen molar-refractivity contribution in [2.45, 2.75) is 25.3 Å². The van der Waals surface area contributed by atoms with Crippen LogP contribution in [-0.4, -0.2) is 23.6 Å². The van der Waals surface area contributed by atoms with Crippen molar-refractivity contribution >= 4 is 22.5 Å². The number of primary amides is 1. The molecule has 5 nitrogen and oxygen atoms in total. The van der Waals surface area contributed by atoms with E-state index in [1.807, 2.05) is 57.3 Å². The molecule has 1 amide bonds. The Hall–Kier alpha value is -2.95. The normalized spacial score (nSPS) is 12.8. The second-order valence-corrected chi connectivity index (χ2v) is 7.07. The minimum Gasteiger partial charge on any atom is -0.495 e. The molecule has 0 aliphatic heterocycles. The number of rotatable bonds is 6. The molecule has 3 rings (SSSR count). The van der Waals surface area contributed by atoms with Gasteiger partial charge in [-0.1, -0.05) is 44.2 Å². The van der Waals surface area contributed by atoms with E-state index in [9.17, 15) is 4.79 Å². The monoisotopic (exact) mass is 351 g/mol. The molecule has 0 radical (unpaired) electrons. The van der Waals surface area contributed by atoms with Crippen molar-refractivity contribution in [1.82, 2.24) is 4.57 Å². The van der Waals surface area contributed by atoms with E-state index in [2.05, 4.69) is 28.2 Å². The van der Waals surface area contributed by atoms with Gasteiger partial charge in [-0.25, -0.2) is 0 Å². The fourth-order valence-corrected chi connectivity index (χ4v) is 3.54. The van der Waals surface area contributed by atoms with E-state index in [4.69, 9.17) is 10.5 Å². The summed E-state index contributed by atoms with van der Waals surface area (Å²) in [6, 6.07) is 15.1. The van der Waals surface area contributed by atoms with Gasteiger partial charge in [0, 0.05) is 29.6 Å². The molecule has 1 aromatic heterocycles. The molecule has 1 atom stereocenters. The Balaban J connectivity index is 2.07. The van der Waals surface area contributed by atoms with E-state index in [0.717, 1.165) is 22.2 Å². The molecule has 0 fully saturated rings. The minimum atomic E-state index is -0.607. The summed E-state index contributed by atoms with van der Waals surface area (Å²) >= 11 is 0. The highest BCUT2D eigenvalue weighted by molar-refractivity contribution is 5.90. The van der Waals surface area contributed by atoms with Crippen molar-refractivity contribution in [1.29, 1.82) is 0 Å². The third-order valence-electron chi connectivity index (χ3n) is 5.00. The van der Waals surface area contributed by atoms with Crippen molar-refractivity contribution in [3.63, 3.8) is 0 Å². The largest absolute Gasteiger partial charge is 0.495 e. The molecule has 0 aliphatic rings. The van der Waals surface area contributed by atoms with Gasteiger partial charge in [0.25, 0.3) is 0 Å². The zero-order valence-electron chi connectivity index (χ0n) is 15.6. The Morgan fingerprint density at radius 2 is 1.81 bits per heavy atom. The number of anilines is 1. The van der Waals surface area contributed by atoms with Gasteiger partial charge in [-0.05, 0) is 23.8 Å². The number of ether oxygens (including phenoxy) is 1. The van der Waals surface area contributed by atoms with Gasteiger partial charge in [0.15, 0.2) is 0 Å². The summed E-state index contributed by atoms with van der Waals surface area (Å²) in [6.07, 6.45) is 2.07. The lowest BCUT2D eigenvalue weighted by Gasteiger charge is -2.34. The number of hydrogen-bond acceptors (Lipinski definition) is 3. The molecular weight excluding hydrogens is 326 g/mol. The van der Waals surface area contributed by atoms with Gasteiger partial charge in [0.1, 0.15) is 11.8 Å². The quantitative estimate of drug-likeness (QED) is 0.715. The molecule has 1 unspecified atom stereocenters. The summed E-state index contributed by atoms with van der Waals surface area (Å²) in [5, 5.41) is 4.42. The summed E-state index contributed by atoms with van der Waals surface area (Å²) in [4.78, 5) is 12.4. The predicted molar refractivity (Wildman–Crippen MR) is 106 cm³/mol. The average molecular weight is 351 g/mol. The standard InChI is InChI=1S/C21H25N3O2/c1-21(2,15-13-24(3)17-11-7-5-9-14(15)17)19(20(22)25)23-16-10-6-8-12-18(16)26-4/h5-13,19,23H,1-4H3,(H2,22,25). The minimum absolute atomic E-state index is 0.408. The second kappa shape index (κ2) is 6.75. The van der Waals surface area contributed by atoms with Crippen LogP contribution in [0.5, 0.6) is 5.75 Å². The van der Waals surface area contributed by atoms with Gasteiger partial charge in [-0.15, -0.1) is 0 Å². The lowest BCUT2D eigenvalue weighted by Crippen LogP contribution is -2.49. The van der Waals surface area contributed by atoms with E-state index < -0.39 is 17.4 Å². The number of methoxy groups -OCH3 is 1. The molecule has 136 valence electrons. The molecule has 0 bridgehead atoms. The number of fused-ring (bicyclic) bond motifs is 1. The van der Waals surface area contributed by atoms with Gasteiger partial charge >= 0.3 is 0 Å². The maximum absolute atomic E-state index is 12.4. The molecule has 26 heavy (non-hydrogen) atoms. The number of aromatic nitrogens is 1. The number of hydrogen-bond donors (Lipinski definition) is 2. The van der Waals surface area contributed by atoms with E-state index in [1.165, 1.54) is 0 Å². The van der Waals surface area contributed by atoms with Crippen LogP contribution in [0.4, 0.5) is 5.69 Å². The Morgan fingerprint density at radius 3 is 2.50 bits per heavy atom. The van der Waals surface area contributed by atoms with Crippen LogP contribution in [0, 0.1) is 0 Å². The lowest BCUT2D eigenvalue weighted by atomic mass is 9.77. The smallest absolute Gasteiger partial charge is 0.240 e. The highest BCUT2D eigenvalue weighted by Crippen LogP contribution is 2.36. The van der Waals surface area contributed by atoms with E-state index in [1.54, 1.807) is 7.11 Å². The first-order chi connectivity index (χ1) is 12.4. The Bertz CT molecular complexity index is 943. The maximum atomic E-state index is 12.4. The number of nitrogens with two attached hydrogens (primary N) is 1. The fraction of sp³-hybridized carbons (Fsp3) is 0.286. The molecule has 2 aromatic carbocycles. The lowest BCUT2D eigenvalue weighted by molar-refractivity contribution is -0.119. The molecule has 5 heteroatoms. The number of carbonyl (C=O) groups excluding carboxylic acids is 1. The second-order valence-electron chi connectivity index (χ2n) is 7.07. The molecule has 3 N–H and O–H groups in total. The Kier molecular flexibility index (Phi) is 4.64. The highest BCUT2D eigenvalue weighted by Gasteiger charge is 2.38. The zero-order valence-corrected chi connectivity index (χ0v) is 15.6. The van der Waals surface area contributed by atoms with Crippen LogP contribution >= 0.6 is 0 Å². The van der Waals surface area contributed by atoms with Crippen molar-refractivity contribution in [3.8, 4) is 5.75 Å². The Labute approximate surface area is 153 Å². The van der Waals surface area contributed by atoms with Gasteiger partial charge in [-0.2, -0.15) is 0 Å². The number of benzene rings is 2. The summed E-state index contributed by atoms with van der Waals surface area (Å²) < 4.78 is 7.48. The van der Waals surface area contributed by atoms with Crippen LogP contribution in [-0.2, 0) is 17.3 Å². The SMILES string of the molecule is COc1ccccc1NC(C(N)=O)C(C)(C)c1cn(C)c2ccccc12. The van der Waals surface area contributed by atoms with Gasteiger partial charge in [-0.3, -0.25) is 4.79 Å². The number of carbonyl (C=O) groups is 1. The van der Waals surface area contributed by atoms with Crippen LogP contribution in [0.15, 0.2) is 54.7 Å². The number of nitrogens with one attached hydrogen (secondary N) is 1. The number of nitrogens with zero attached hydrogens (tertiary/aromatic N) is 1. The average Bonchev–Trinajstić information content (AvgIpc) is 2.97. The van der Waals surface area contributed by atoms with Crippen LogP contribution in [0.25, 0.3) is 10.9 Å². The van der Waals surface area contributed by atoms with Crippen molar-refractivity contribution in [2.24, 2.45) is 12.8 Å². The molecule has 1 heterocycles. The fourth-order valence-electron chi connectivity index (χ4n) is 3.54. The summed E-state index contributed by atoms with van der Waals surface area (Å²) in [7, 11) is 3.62. The van der Waals surface area contributed by atoms with Crippen molar-refractivity contribution < 1.29 is 9.53 Å². The molecule has 0 aliphatic carbocycles. The van der Waals surface area contributed by atoms with Crippen LogP contribution in [0.3, 0.4) is 0 Å². The van der Waals surface area contributed by atoms with E-state index in [0.29, 0.717) is 5.75 Å². The first kappa shape index (κ1) is 17.9. The first-order valence-electron chi connectivity index (χ1n) is 8.59. The number of para-hydroxylation sites is 3. The third kappa shape index (κ3) is 3.01. The molecule has 0 saturated heterocycles. The van der Waals surface area contributed by atoms with Crippen molar-refractivity contribution in [3.05, 3.63) is 60.3 Å². The highest BCUT2D eigenvalue weighted by atomic mass is 16.5. The summed E-state index contributed by atoms with van der Waals surface area (Å²) in [5.41, 5.74) is 8.20. The van der Waals surface area contributed by atoms with Gasteiger partial charge < -0.3 is 20.4 Å². The van der Waals surface area contributed by atoms with Crippen molar-refractivity contribution in [2.75, 3.05) is 12.4 Å².